The maximum absolute atomic E-state index is 13.6. The Labute approximate surface area is 189 Å². The number of carbonyl (C=O) groups is 1. The maximum Gasteiger partial charge on any atom is 0.405 e. The van der Waals surface area contributed by atoms with Crippen LogP contribution in [0, 0.1) is 5.82 Å². The number of hydrogen-bond acceptors (Lipinski definition) is 5. The summed E-state index contributed by atoms with van der Waals surface area (Å²) >= 11 is 5.86. The van der Waals surface area contributed by atoms with E-state index in [1.54, 1.807) is 24.5 Å². The molecule has 0 fully saturated rings. The highest BCUT2D eigenvalue weighted by molar-refractivity contribution is 6.31. The number of benzene rings is 2. The van der Waals surface area contributed by atoms with Crippen LogP contribution in [-0.2, 0) is 0 Å². The number of anilines is 2. The predicted octanol–water partition coefficient (Wildman–Crippen LogP) is 5.52. The van der Waals surface area contributed by atoms with E-state index in [1.165, 1.54) is 36.4 Å². The lowest BCUT2D eigenvalue weighted by Gasteiger charge is -2.13. The van der Waals surface area contributed by atoms with Crippen LogP contribution in [0.5, 0.6) is 0 Å². The number of pyridine rings is 1. The Balaban J connectivity index is 1.79. The summed E-state index contributed by atoms with van der Waals surface area (Å²) in [6.07, 6.45) is -1.38. The molecule has 0 radical (unpaired) electrons. The topological polar surface area (TPSA) is 79.8 Å². The van der Waals surface area contributed by atoms with Gasteiger partial charge in [-0.05, 0) is 48.5 Å². The molecule has 2 N–H and O–H groups in total. The van der Waals surface area contributed by atoms with Crippen molar-refractivity contribution in [3.63, 3.8) is 0 Å². The molecule has 11 heteroatoms. The fourth-order valence-electron chi connectivity index (χ4n) is 2.98. The van der Waals surface area contributed by atoms with Crippen LogP contribution in [0.1, 0.15) is 10.4 Å². The van der Waals surface area contributed by atoms with Gasteiger partial charge >= 0.3 is 6.18 Å². The summed E-state index contributed by atoms with van der Waals surface area (Å²) in [5, 5.41) is 5.10. The molecular formula is C22H14ClF4N5O. The summed E-state index contributed by atoms with van der Waals surface area (Å²) in [5.74, 6) is -0.941. The van der Waals surface area contributed by atoms with Crippen LogP contribution in [-0.4, -0.2) is 33.6 Å². The number of amides is 1. The molecule has 0 atom stereocenters. The maximum atomic E-state index is 13.6. The van der Waals surface area contributed by atoms with Crippen molar-refractivity contribution in [1.82, 2.24) is 20.3 Å². The lowest BCUT2D eigenvalue weighted by atomic mass is 10.1. The van der Waals surface area contributed by atoms with Crippen LogP contribution >= 0.6 is 11.6 Å². The summed E-state index contributed by atoms with van der Waals surface area (Å²) in [6, 6.07) is 11.7. The van der Waals surface area contributed by atoms with Crippen molar-refractivity contribution in [3.8, 4) is 11.4 Å². The molecule has 0 spiro atoms. The van der Waals surface area contributed by atoms with E-state index in [0.29, 0.717) is 28.0 Å². The minimum absolute atomic E-state index is 0.00957. The van der Waals surface area contributed by atoms with Crippen LogP contribution in [0.25, 0.3) is 22.3 Å². The van der Waals surface area contributed by atoms with Gasteiger partial charge in [0.05, 0.1) is 10.5 Å². The van der Waals surface area contributed by atoms with Crippen molar-refractivity contribution >= 4 is 39.9 Å². The third-order valence-electron chi connectivity index (χ3n) is 4.51. The molecule has 0 aliphatic rings. The van der Waals surface area contributed by atoms with E-state index >= 15 is 0 Å². The summed E-state index contributed by atoms with van der Waals surface area (Å²) in [4.78, 5) is 25.3. The Hall–Kier alpha value is -3.79. The van der Waals surface area contributed by atoms with Gasteiger partial charge in [-0.1, -0.05) is 11.6 Å². The van der Waals surface area contributed by atoms with Crippen molar-refractivity contribution in [2.75, 3.05) is 11.9 Å². The number of rotatable bonds is 5. The first kappa shape index (κ1) is 22.4. The number of nitrogens with one attached hydrogen (secondary N) is 2. The van der Waals surface area contributed by atoms with Crippen molar-refractivity contribution in [3.05, 3.63) is 77.3 Å². The molecule has 1 amide bonds. The monoisotopic (exact) mass is 475 g/mol. The fraction of sp³-hybridized carbons (Fsp3) is 0.0909. The van der Waals surface area contributed by atoms with E-state index in [1.807, 2.05) is 5.32 Å². The minimum atomic E-state index is -4.54. The predicted molar refractivity (Wildman–Crippen MR) is 116 cm³/mol. The summed E-state index contributed by atoms with van der Waals surface area (Å²) in [7, 11) is 0. The zero-order valence-corrected chi connectivity index (χ0v) is 17.4. The van der Waals surface area contributed by atoms with Crippen molar-refractivity contribution in [1.29, 1.82) is 0 Å². The van der Waals surface area contributed by atoms with Gasteiger partial charge in [0.2, 0.25) is 0 Å². The highest BCUT2D eigenvalue weighted by atomic mass is 35.5. The van der Waals surface area contributed by atoms with E-state index < -0.39 is 24.4 Å². The smallest absolute Gasteiger partial charge is 0.343 e. The van der Waals surface area contributed by atoms with Gasteiger partial charge in [0.15, 0.2) is 5.82 Å². The van der Waals surface area contributed by atoms with E-state index in [2.05, 4.69) is 20.3 Å². The highest BCUT2D eigenvalue weighted by Gasteiger charge is 2.28. The summed E-state index contributed by atoms with van der Waals surface area (Å²) in [6.45, 7) is -1.46. The number of hydrogen-bond donors (Lipinski definition) is 2. The third kappa shape index (κ3) is 5.35. The average Bonchev–Trinajstić information content (AvgIpc) is 2.79. The van der Waals surface area contributed by atoms with E-state index in [4.69, 9.17) is 11.6 Å². The quantitative estimate of drug-likeness (QED) is 0.371. The molecule has 0 aliphatic carbocycles. The van der Waals surface area contributed by atoms with Gasteiger partial charge in [-0.2, -0.15) is 13.2 Å². The molecule has 2 heterocycles. The summed E-state index contributed by atoms with van der Waals surface area (Å²) in [5.41, 5.74) is 1.44. The molecule has 2 aromatic heterocycles. The van der Waals surface area contributed by atoms with Gasteiger partial charge in [-0.15, -0.1) is 0 Å². The van der Waals surface area contributed by atoms with Gasteiger partial charge < -0.3 is 10.6 Å². The molecular weight excluding hydrogens is 462 g/mol. The Morgan fingerprint density at radius 1 is 1.06 bits per heavy atom. The molecule has 0 saturated heterocycles. The second kappa shape index (κ2) is 8.99. The van der Waals surface area contributed by atoms with Crippen LogP contribution in [0.15, 0.2) is 60.9 Å². The van der Waals surface area contributed by atoms with Gasteiger partial charge in [-0.25, -0.2) is 14.4 Å². The van der Waals surface area contributed by atoms with Crippen LogP contribution < -0.4 is 10.6 Å². The molecule has 0 unspecified atom stereocenters. The molecule has 6 nitrogen and oxygen atoms in total. The number of halogens is 5. The first-order valence-electron chi connectivity index (χ1n) is 9.49. The molecule has 0 saturated carbocycles. The Bertz CT molecular complexity index is 1330. The third-order valence-corrected chi connectivity index (χ3v) is 4.80. The molecule has 0 aliphatic heterocycles. The second-order valence-corrected chi connectivity index (χ2v) is 7.33. The zero-order chi connectivity index (χ0) is 23.6. The van der Waals surface area contributed by atoms with Crippen LogP contribution in [0.4, 0.5) is 29.1 Å². The number of carbonyl (C=O) groups excluding carboxylic acids is 1. The molecule has 4 rings (SSSR count). The van der Waals surface area contributed by atoms with Crippen molar-refractivity contribution < 1.29 is 22.4 Å². The number of alkyl halides is 3. The van der Waals surface area contributed by atoms with E-state index in [-0.39, 0.29) is 16.4 Å². The normalized spacial score (nSPS) is 11.4. The Morgan fingerprint density at radius 2 is 1.88 bits per heavy atom. The molecule has 4 aromatic rings. The number of nitrogens with zero attached hydrogens (tertiary/aromatic N) is 3. The molecule has 168 valence electrons. The van der Waals surface area contributed by atoms with Gasteiger partial charge in [0.25, 0.3) is 5.91 Å². The average molecular weight is 476 g/mol. The molecule has 0 bridgehead atoms. The summed E-state index contributed by atoms with van der Waals surface area (Å²) < 4.78 is 51.0. The van der Waals surface area contributed by atoms with Crippen molar-refractivity contribution in [2.24, 2.45) is 0 Å². The molecule has 33 heavy (non-hydrogen) atoms. The Morgan fingerprint density at radius 3 is 2.58 bits per heavy atom. The lowest BCUT2D eigenvalue weighted by molar-refractivity contribution is -0.123. The Kier molecular flexibility index (Phi) is 6.10. The largest absolute Gasteiger partial charge is 0.405 e. The van der Waals surface area contributed by atoms with Crippen LogP contribution in [0.3, 0.4) is 0 Å². The first-order valence-corrected chi connectivity index (χ1v) is 9.87. The van der Waals surface area contributed by atoms with Gasteiger partial charge in [0.1, 0.15) is 18.2 Å². The standard InChI is InChI=1S/C22H14ClF4N5O/c23-16-9-14(4-5-17(16)24)30-20-15-8-12(21(33)29-11-22(25,26)27)3-6-18(15)31-19(32-20)13-2-1-7-28-10-13/h1-10H,11H2,(H,29,33)(H,30,31,32). The van der Waals surface area contributed by atoms with E-state index in [9.17, 15) is 22.4 Å². The number of fused-ring (bicyclic) bond motifs is 1. The van der Waals surface area contributed by atoms with Gasteiger partial charge in [-0.3, -0.25) is 9.78 Å². The molecule has 2 aromatic carbocycles. The van der Waals surface area contributed by atoms with Gasteiger partial charge in [0, 0.05) is 34.6 Å². The first-order chi connectivity index (χ1) is 15.7. The van der Waals surface area contributed by atoms with E-state index in [0.717, 1.165) is 0 Å². The zero-order valence-electron chi connectivity index (χ0n) is 16.6. The fourth-order valence-corrected chi connectivity index (χ4v) is 3.16. The highest BCUT2D eigenvalue weighted by Crippen LogP contribution is 2.29. The minimum Gasteiger partial charge on any atom is -0.343 e. The van der Waals surface area contributed by atoms with Crippen LogP contribution in [0.2, 0.25) is 5.02 Å². The second-order valence-electron chi connectivity index (χ2n) is 6.92. The van der Waals surface area contributed by atoms with Crippen molar-refractivity contribution in [2.45, 2.75) is 6.18 Å². The number of aromatic nitrogens is 3. The SMILES string of the molecule is O=C(NCC(F)(F)F)c1ccc2nc(-c3cccnc3)nc(Nc3ccc(F)c(Cl)c3)c2c1. The lowest BCUT2D eigenvalue weighted by Crippen LogP contribution is -2.33.